The Labute approximate surface area is 117 Å². The van der Waals surface area contributed by atoms with Crippen LogP contribution in [0.3, 0.4) is 0 Å². The standard InChI is InChI=1S/C15H16N2O3/c1-20-15-13(6-3-7-16-15)14(19)17-9-11-4-2-5-12(8-11)10-18/h2-8,18H,9-10H2,1H3,(H,17,19). The minimum Gasteiger partial charge on any atom is -0.480 e. The van der Waals surface area contributed by atoms with Gasteiger partial charge < -0.3 is 15.2 Å². The summed E-state index contributed by atoms with van der Waals surface area (Å²) in [6.07, 6.45) is 1.57. The average molecular weight is 272 g/mol. The van der Waals surface area contributed by atoms with Crippen molar-refractivity contribution >= 4 is 5.91 Å². The molecule has 5 heteroatoms. The maximum Gasteiger partial charge on any atom is 0.257 e. The van der Waals surface area contributed by atoms with Gasteiger partial charge in [-0.2, -0.15) is 0 Å². The summed E-state index contributed by atoms with van der Waals surface area (Å²) in [6.45, 7) is 0.364. The van der Waals surface area contributed by atoms with Crippen LogP contribution in [0.2, 0.25) is 0 Å². The quantitative estimate of drug-likeness (QED) is 0.865. The molecule has 2 rings (SSSR count). The fourth-order valence-electron chi connectivity index (χ4n) is 1.84. The second kappa shape index (κ2) is 6.68. The molecule has 1 heterocycles. The molecule has 0 saturated heterocycles. The van der Waals surface area contributed by atoms with Gasteiger partial charge in [0.1, 0.15) is 5.56 Å². The van der Waals surface area contributed by atoms with Gasteiger partial charge in [0.05, 0.1) is 13.7 Å². The zero-order valence-corrected chi connectivity index (χ0v) is 11.2. The normalized spacial score (nSPS) is 10.1. The first-order valence-corrected chi connectivity index (χ1v) is 6.20. The molecule has 5 nitrogen and oxygen atoms in total. The number of hydrogen-bond acceptors (Lipinski definition) is 4. The number of ether oxygens (including phenoxy) is 1. The lowest BCUT2D eigenvalue weighted by atomic mass is 10.1. The van der Waals surface area contributed by atoms with Gasteiger partial charge in [0, 0.05) is 12.7 Å². The number of hydrogen-bond donors (Lipinski definition) is 2. The summed E-state index contributed by atoms with van der Waals surface area (Å²) < 4.78 is 5.05. The Morgan fingerprint density at radius 1 is 1.30 bits per heavy atom. The molecular formula is C15H16N2O3. The number of pyridine rings is 1. The highest BCUT2D eigenvalue weighted by atomic mass is 16.5. The van der Waals surface area contributed by atoms with Gasteiger partial charge in [-0.3, -0.25) is 4.79 Å². The Kier molecular flexibility index (Phi) is 4.68. The van der Waals surface area contributed by atoms with E-state index in [1.807, 2.05) is 24.3 Å². The molecule has 1 aromatic carbocycles. The lowest BCUT2D eigenvalue weighted by Crippen LogP contribution is -2.23. The second-order valence-electron chi connectivity index (χ2n) is 4.22. The highest BCUT2D eigenvalue weighted by molar-refractivity contribution is 5.96. The lowest BCUT2D eigenvalue weighted by Gasteiger charge is -2.08. The fourth-order valence-corrected chi connectivity index (χ4v) is 1.84. The van der Waals surface area contributed by atoms with Crippen molar-refractivity contribution in [1.29, 1.82) is 0 Å². The van der Waals surface area contributed by atoms with Crippen LogP contribution < -0.4 is 10.1 Å². The molecule has 1 aromatic heterocycles. The maximum absolute atomic E-state index is 12.1. The number of amides is 1. The van der Waals surface area contributed by atoms with Crippen molar-refractivity contribution in [3.8, 4) is 5.88 Å². The van der Waals surface area contributed by atoms with Gasteiger partial charge in [0.2, 0.25) is 5.88 Å². The molecule has 0 radical (unpaired) electrons. The summed E-state index contributed by atoms with van der Waals surface area (Å²) in [4.78, 5) is 16.1. The van der Waals surface area contributed by atoms with Crippen LogP contribution in [-0.4, -0.2) is 23.1 Å². The number of nitrogens with zero attached hydrogens (tertiary/aromatic N) is 1. The van der Waals surface area contributed by atoms with Crippen molar-refractivity contribution in [2.75, 3.05) is 7.11 Å². The second-order valence-corrected chi connectivity index (χ2v) is 4.22. The van der Waals surface area contributed by atoms with E-state index in [9.17, 15) is 4.79 Å². The SMILES string of the molecule is COc1ncccc1C(=O)NCc1cccc(CO)c1. The molecular weight excluding hydrogens is 256 g/mol. The number of carbonyl (C=O) groups is 1. The topological polar surface area (TPSA) is 71.5 Å². The molecule has 0 atom stereocenters. The highest BCUT2D eigenvalue weighted by Crippen LogP contribution is 2.13. The van der Waals surface area contributed by atoms with E-state index in [4.69, 9.17) is 9.84 Å². The maximum atomic E-state index is 12.1. The van der Waals surface area contributed by atoms with Crippen LogP contribution in [-0.2, 0) is 13.2 Å². The number of aromatic nitrogens is 1. The predicted octanol–water partition coefficient (Wildman–Crippen LogP) is 1.51. The van der Waals surface area contributed by atoms with E-state index in [1.165, 1.54) is 7.11 Å². The molecule has 2 N–H and O–H groups in total. The van der Waals surface area contributed by atoms with Gasteiger partial charge in [0.25, 0.3) is 5.91 Å². The summed E-state index contributed by atoms with van der Waals surface area (Å²) in [6, 6.07) is 10.8. The van der Waals surface area contributed by atoms with E-state index in [2.05, 4.69) is 10.3 Å². The van der Waals surface area contributed by atoms with Crippen LogP contribution in [0.25, 0.3) is 0 Å². The summed E-state index contributed by atoms with van der Waals surface area (Å²) in [5, 5.41) is 11.9. The third-order valence-electron chi connectivity index (χ3n) is 2.84. The van der Waals surface area contributed by atoms with E-state index < -0.39 is 0 Å². The van der Waals surface area contributed by atoms with Crippen LogP contribution in [0, 0.1) is 0 Å². The van der Waals surface area contributed by atoms with Crippen molar-refractivity contribution in [2.45, 2.75) is 13.2 Å². The molecule has 0 unspecified atom stereocenters. The van der Waals surface area contributed by atoms with Crippen LogP contribution in [0.4, 0.5) is 0 Å². The first-order valence-electron chi connectivity index (χ1n) is 6.20. The number of carbonyl (C=O) groups excluding carboxylic acids is 1. The Morgan fingerprint density at radius 2 is 2.10 bits per heavy atom. The number of rotatable bonds is 5. The third kappa shape index (κ3) is 3.33. The van der Waals surface area contributed by atoms with Crippen LogP contribution in [0.15, 0.2) is 42.6 Å². The van der Waals surface area contributed by atoms with Gasteiger partial charge in [-0.05, 0) is 23.3 Å². The minimum absolute atomic E-state index is 0.0157. The molecule has 1 amide bonds. The zero-order valence-electron chi connectivity index (χ0n) is 11.2. The number of methoxy groups -OCH3 is 1. The van der Waals surface area contributed by atoms with E-state index in [0.29, 0.717) is 18.0 Å². The van der Waals surface area contributed by atoms with Gasteiger partial charge in [-0.1, -0.05) is 24.3 Å². The van der Waals surface area contributed by atoms with E-state index in [0.717, 1.165) is 11.1 Å². The number of benzene rings is 1. The average Bonchev–Trinajstić information content (AvgIpc) is 2.52. The molecule has 2 aromatic rings. The summed E-state index contributed by atoms with van der Waals surface area (Å²) >= 11 is 0. The molecule has 0 spiro atoms. The number of aliphatic hydroxyl groups excluding tert-OH is 1. The van der Waals surface area contributed by atoms with Crippen LogP contribution in [0.5, 0.6) is 5.88 Å². The third-order valence-corrected chi connectivity index (χ3v) is 2.84. The molecule has 0 aliphatic carbocycles. The van der Waals surface area contributed by atoms with Crippen molar-refractivity contribution in [3.63, 3.8) is 0 Å². The Bertz CT molecular complexity index is 599. The van der Waals surface area contributed by atoms with Crippen molar-refractivity contribution in [3.05, 3.63) is 59.3 Å². The van der Waals surface area contributed by atoms with Crippen molar-refractivity contribution in [1.82, 2.24) is 10.3 Å². The smallest absolute Gasteiger partial charge is 0.257 e. The minimum atomic E-state index is -0.246. The molecule has 0 fully saturated rings. The van der Waals surface area contributed by atoms with E-state index in [-0.39, 0.29) is 12.5 Å². The van der Waals surface area contributed by atoms with E-state index >= 15 is 0 Å². The van der Waals surface area contributed by atoms with Crippen LogP contribution >= 0.6 is 0 Å². The number of aliphatic hydroxyl groups is 1. The summed E-state index contributed by atoms with van der Waals surface area (Å²) in [5.41, 5.74) is 2.14. The molecule has 0 aliphatic heterocycles. The van der Waals surface area contributed by atoms with Crippen molar-refractivity contribution < 1.29 is 14.6 Å². The first-order chi connectivity index (χ1) is 9.74. The van der Waals surface area contributed by atoms with Crippen molar-refractivity contribution in [2.24, 2.45) is 0 Å². The monoisotopic (exact) mass is 272 g/mol. The number of nitrogens with one attached hydrogen (secondary N) is 1. The summed E-state index contributed by atoms with van der Waals surface area (Å²) in [5.74, 6) is 0.0541. The zero-order chi connectivity index (χ0) is 14.4. The van der Waals surface area contributed by atoms with Gasteiger partial charge in [-0.25, -0.2) is 4.98 Å². The fraction of sp³-hybridized carbons (Fsp3) is 0.200. The Hall–Kier alpha value is -2.40. The Morgan fingerprint density at radius 3 is 2.85 bits per heavy atom. The molecule has 104 valence electrons. The van der Waals surface area contributed by atoms with E-state index in [1.54, 1.807) is 18.3 Å². The predicted molar refractivity (Wildman–Crippen MR) is 74.3 cm³/mol. The molecule has 0 bridgehead atoms. The highest BCUT2D eigenvalue weighted by Gasteiger charge is 2.12. The lowest BCUT2D eigenvalue weighted by molar-refractivity contribution is 0.0947. The molecule has 0 saturated carbocycles. The van der Waals surface area contributed by atoms with Gasteiger partial charge in [0.15, 0.2) is 0 Å². The van der Waals surface area contributed by atoms with Gasteiger partial charge >= 0.3 is 0 Å². The summed E-state index contributed by atoms with van der Waals surface area (Å²) in [7, 11) is 1.48. The van der Waals surface area contributed by atoms with Gasteiger partial charge in [-0.15, -0.1) is 0 Å². The molecule has 0 aliphatic rings. The Balaban J connectivity index is 2.04. The van der Waals surface area contributed by atoms with Crippen LogP contribution in [0.1, 0.15) is 21.5 Å². The molecule has 20 heavy (non-hydrogen) atoms. The first kappa shape index (κ1) is 14.0. The largest absolute Gasteiger partial charge is 0.480 e.